The highest BCUT2D eigenvalue weighted by Gasteiger charge is 2.36. The second-order valence-corrected chi connectivity index (χ2v) is 8.12. The van der Waals surface area contributed by atoms with E-state index >= 15 is 0 Å². The van der Waals surface area contributed by atoms with Gasteiger partial charge in [0.05, 0.1) is 77.1 Å². The molecule has 14 nitrogen and oxygen atoms in total. The fourth-order valence-corrected chi connectivity index (χ4v) is 2.95. The molecule has 34 heavy (non-hydrogen) atoms. The monoisotopic (exact) mass is 494 g/mol. The predicted octanol–water partition coefficient (Wildman–Crippen LogP) is -3.82. The Hall–Kier alpha value is -1.75. The van der Waals surface area contributed by atoms with Crippen molar-refractivity contribution in [3.8, 4) is 0 Å². The molecule has 0 fully saturated rings. The van der Waals surface area contributed by atoms with Crippen LogP contribution >= 0.6 is 0 Å². The van der Waals surface area contributed by atoms with E-state index in [2.05, 4.69) is 10.3 Å². The molecule has 0 bridgehead atoms. The van der Waals surface area contributed by atoms with Crippen LogP contribution in [0.25, 0.3) is 0 Å². The van der Waals surface area contributed by atoms with Crippen LogP contribution in [0.15, 0.2) is 6.20 Å². The third-order valence-electron chi connectivity index (χ3n) is 5.04. The van der Waals surface area contributed by atoms with Crippen molar-refractivity contribution in [3.05, 3.63) is 11.9 Å². The molecule has 198 valence electrons. The zero-order valence-corrected chi connectivity index (χ0v) is 19.2. The summed E-state index contributed by atoms with van der Waals surface area (Å²) >= 11 is 0. The van der Waals surface area contributed by atoms with Crippen molar-refractivity contribution in [2.75, 3.05) is 59.5 Å². The normalized spacial score (nSPS) is 12.4. The smallest absolute Gasteiger partial charge is 0.217 e. The number of carbonyl (C=O) groups is 1. The van der Waals surface area contributed by atoms with Crippen molar-refractivity contribution in [2.24, 2.45) is 11.1 Å². The topological polar surface area (TPSA) is 223 Å². The molecule has 1 rings (SSSR count). The molecule has 0 spiro atoms. The number of amides is 1. The number of nitrogens with two attached hydrogens (primary N) is 1. The van der Waals surface area contributed by atoms with Crippen molar-refractivity contribution < 1.29 is 49.6 Å². The molecule has 0 saturated heterocycles. The van der Waals surface area contributed by atoms with Gasteiger partial charge in [0.25, 0.3) is 0 Å². The standard InChI is InChI=1S/C20H38N4O10/c21-19(31)3-1-2-15-4-24(23-22-15)11-20(12-32-16(5-25)6-26,13-33-17(7-27)8-28)14-34-18(9-29)10-30/h4,16-18,25-30H,1-3,5-14H2,(H2,21,31). The molecular weight excluding hydrogens is 456 g/mol. The summed E-state index contributed by atoms with van der Waals surface area (Å²) in [6.07, 6.45) is 0.226. The van der Waals surface area contributed by atoms with E-state index in [4.69, 9.17) is 19.9 Å². The van der Waals surface area contributed by atoms with Gasteiger partial charge in [0.15, 0.2) is 0 Å². The molecular formula is C20H38N4O10. The molecule has 0 radical (unpaired) electrons. The number of nitrogens with zero attached hydrogens (tertiary/aromatic N) is 3. The van der Waals surface area contributed by atoms with Gasteiger partial charge < -0.3 is 50.6 Å². The van der Waals surface area contributed by atoms with E-state index in [0.717, 1.165) is 0 Å². The average molecular weight is 495 g/mol. The fourth-order valence-electron chi connectivity index (χ4n) is 2.95. The number of aliphatic hydroxyl groups excluding tert-OH is 6. The summed E-state index contributed by atoms with van der Waals surface area (Å²) in [6, 6.07) is 0. The molecule has 1 heterocycles. The summed E-state index contributed by atoms with van der Waals surface area (Å²) in [5, 5.41) is 64.5. The van der Waals surface area contributed by atoms with E-state index in [-0.39, 0.29) is 32.8 Å². The number of aromatic nitrogens is 3. The lowest BCUT2D eigenvalue weighted by molar-refractivity contribution is -0.146. The lowest BCUT2D eigenvalue weighted by atomic mass is 9.90. The first-order chi connectivity index (χ1) is 16.3. The maximum Gasteiger partial charge on any atom is 0.217 e. The average Bonchev–Trinajstić information content (AvgIpc) is 3.27. The van der Waals surface area contributed by atoms with E-state index in [9.17, 15) is 35.4 Å². The number of hydrogen-bond donors (Lipinski definition) is 7. The van der Waals surface area contributed by atoms with Crippen LogP contribution in [0.5, 0.6) is 0 Å². The van der Waals surface area contributed by atoms with Crippen LogP contribution in [0.1, 0.15) is 18.5 Å². The Kier molecular flexibility index (Phi) is 15.0. The Balaban J connectivity index is 3.11. The van der Waals surface area contributed by atoms with Crippen LogP contribution in [0.4, 0.5) is 0 Å². The quantitative estimate of drug-likeness (QED) is 0.0873. The molecule has 14 heteroatoms. The second kappa shape index (κ2) is 16.8. The van der Waals surface area contributed by atoms with Gasteiger partial charge in [0, 0.05) is 12.6 Å². The maximum atomic E-state index is 10.9. The SMILES string of the molecule is NC(=O)CCCc1cn(CC(COC(CO)CO)(COC(CO)CO)COC(CO)CO)nn1. The summed E-state index contributed by atoms with van der Waals surface area (Å²) in [5.41, 5.74) is 4.73. The number of carbonyl (C=O) groups excluding carboxylic acids is 1. The number of aryl methyl sites for hydroxylation is 1. The molecule has 0 saturated carbocycles. The van der Waals surface area contributed by atoms with Gasteiger partial charge >= 0.3 is 0 Å². The predicted molar refractivity (Wildman–Crippen MR) is 116 cm³/mol. The highest BCUT2D eigenvalue weighted by molar-refractivity contribution is 5.73. The lowest BCUT2D eigenvalue weighted by Gasteiger charge is -2.35. The third kappa shape index (κ3) is 11.1. The fraction of sp³-hybridized carbons (Fsp3) is 0.850. The van der Waals surface area contributed by atoms with Crippen LogP contribution in [-0.4, -0.2) is 129 Å². The van der Waals surface area contributed by atoms with Crippen LogP contribution in [0.2, 0.25) is 0 Å². The lowest BCUT2D eigenvalue weighted by Crippen LogP contribution is -2.46. The molecule has 0 atom stereocenters. The minimum Gasteiger partial charge on any atom is -0.394 e. The highest BCUT2D eigenvalue weighted by atomic mass is 16.5. The molecule has 1 aromatic heterocycles. The van der Waals surface area contributed by atoms with Gasteiger partial charge in [-0.15, -0.1) is 5.10 Å². The first kappa shape index (κ1) is 30.3. The van der Waals surface area contributed by atoms with E-state index in [0.29, 0.717) is 18.5 Å². The van der Waals surface area contributed by atoms with Crippen molar-refractivity contribution in [1.82, 2.24) is 15.0 Å². The zero-order valence-electron chi connectivity index (χ0n) is 19.2. The minimum atomic E-state index is -1.05. The summed E-state index contributed by atoms with van der Waals surface area (Å²) in [7, 11) is 0. The molecule has 8 N–H and O–H groups in total. The maximum absolute atomic E-state index is 10.9. The van der Waals surface area contributed by atoms with Crippen LogP contribution in [0.3, 0.4) is 0 Å². The second-order valence-electron chi connectivity index (χ2n) is 8.12. The Morgan fingerprint density at radius 2 is 1.32 bits per heavy atom. The highest BCUT2D eigenvalue weighted by Crippen LogP contribution is 2.25. The van der Waals surface area contributed by atoms with Gasteiger partial charge in [0.1, 0.15) is 18.3 Å². The largest absolute Gasteiger partial charge is 0.394 e. The van der Waals surface area contributed by atoms with Crippen LogP contribution in [0, 0.1) is 5.41 Å². The molecule has 0 aliphatic heterocycles. The summed E-state index contributed by atoms with van der Waals surface area (Å²) in [4.78, 5) is 10.9. The summed E-state index contributed by atoms with van der Waals surface area (Å²) in [6.45, 7) is -2.84. The van der Waals surface area contributed by atoms with Crippen LogP contribution < -0.4 is 5.73 Å². The van der Waals surface area contributed by atoms with Gasteiger partial charge in [-0.25, -0.2) is 0 Å². The number of ether oxygens (including phenoxy) is 3. The van der Waals surface area contributed by atoms with E-state index in [1.807, 2.05) is 0 Å². The molecule has 1 amide bonds. The van der Waals surface area contributed by atoms with Crippen LogP contribution in [-0.2, 0) is 32.0 Å². The zero-order chi connectivity index (χ0) is 25.4. The Labute approximate surface area is 197 Å². The number of rotatable bonds is 21. The number of hydrogen-bond acceptors (Lipinski definition) is 12. The van der Waals surface area contributed by atoms with Crippen molar-refractivity contribution in [1.29, 1.82) is 0 Å². The molecule has 1 aromatic rings. The number of aliphatic hydroxyl groups is 6. The summed E-state index contributed by atoms with van der Waals surface area (Å²) < 4.78 is 18.5. The van der Waals surface area contributed by atoms with Gasteiger partial charge in [-0.05, 0) is 12.8 Å². The van der Waals surface area contributed by atoms with Gasteiger partial charge in [0.2, 0.25) is 5.91 Å². The molecule has 0 aliphatic carbocycles. The van der Waals surface area contributed by atoms with E-state index in [1.54, 1.807) is 6.20 Å². The molecule has 0 unspecified atom stereocenters. The first-order valence-electron chi connectivity index (χ1n) is 11.0. The third-order valence-corrected chi connectivity index (χ3v) is 5.04. The Morgan fingerprint density at radius 1 is 0.882 bits per heavy atom. The molecule has 0 aromatic carbocycles. The van der Waals surface area contributed by atoms with E-state index < -0.39 is 69.3 Å². The summed E-state index contributed by atoms with van der Waals surface area (Å²) in [5.74, 6) is -0.412. The Morgan fingerprint density at radius 3 is 1.71 bits per heavy atom. The Bertz CT molecular complexity index is 625. The van der Waals surface area contributed by atoms with Crippen molar-refractivity contribution >= 4 is 5.91 Å². The molecule has 0 aliphatic rings. The van der Waals surface area contributed by atoms with Crippen molar-refractivity contribution in [3.63, 3.8) is 0 Å². The van der Waals surface area contributed by atoms with E-state index in [1.165, 1.54) is 4.68 Å². The van der Waals surface area contributed by atoms with Crippen molar-refractivity contribution in [2.45, 2.75) is 44.1 Å². The minimum absolute atomic E-state index is 0.104. The first-order valence-corrected chi connectivity index (χ1v) is 11.0. The number of primary amides is 1. The van der Waals surface area contributed by atoms with Gasteiger partial charge in [-0.1, -0.05) is 5.21 Å². The van der Waals surface area contributed by atoms with Gasteiger partial charge in [-0.2, -0.15) is 0 Å². The van der Waals surface area contributed by atoms with Gasteiger partial charge in [-0.3, -0.25) is 9.48 Å².